The van der Waals surface area contributed by atoms with E-state index in [0.29, 0.717) is 36.6 Å². The summed E-state index contributed by atoms with van der Waals surface area (Å²) in [5.74, 6) is -0.0112. The Morgan fingerprint density at radius 3 is 2.69 bits per heavy atom. The molecule has 2 aliphatic rings. The first-order chi connectivity index (χ1) is 15.5. The summed E-state index contributed by atoms with van der Waals surface area (Å²) in [4.78, 5) is 41.1. The molecule has 2 aliphatic heterocycles. The Morgan fingerprint density at radius 2 is 1.91 bits per heavy atom. The molecule has 2 heterocycles. The zero-order chi connectivity index (χ0) is 22.7. The van der Waals surface area contributed by atoms with E-state index in [-0.39, 0.29) is 30.2 Å². The van der Waals surface area contributed by atoms with Crippen molar-refractivity contribution < 1.29 is 23.9 Å². The summed E-state index contributed by atoms with van der Waals surface area (Å²) >= 11 is 1.26. The molecule has 2 aromatic rings. The number of fused-ring (bicyclic) bond motifs is 1. The zero-order valence-electron chi connectivity index (χ0n) is 17.9. The lowest BCUT2D eigenvalue weighted by molar-refractivity contribution is -0.136. The van der Waals surface area contributed by atoms with E-state index in [9.17, 15) is 14.4 Å². The van der Waals surface area contributed by atoms with Crippen LogP contribution in [-0.2, 0) is 14.4 Å². The number of para-hydroxylation sites is 1. The van der Waals surface area contributed by atoms with E-state index in [1.165, 1.54) is 18.9 Å². The number of likely N-dealkylation sites (tertiary alicyclic amines) is 1. The second-order valence-electron chi connectivity index (χ2n) is 7.67. The fraction of sp³-hybridized carbons (Fsp3) is 0.348. The van der Waals surface area contributed by atoms with Crippen LogP contribution in [0.25, 0.3) is 0 Å². The quantitative estimate of drug-likeness (QED) is 0.673. The van der Waals surface area contributed by atoms with Gasteiger partial charge in [0, 0.05) is 29.7 Å². The van der Waals surface area contributed by atoms with Gasteiger partial charge in [0.2, 0.25) is 17.7 Å². The highest BCUT2D eigenvalue weighted by Crippen LogP contribution is 2.36. The van der Waals surface area contributed by atoms with Crippen LogP contribution in [-0.4, -0.2) is 55.2 Å². The van der Waals surface area contributed by atoms with Gasteiger partial charge in [-0.2, -0.15) is 0 Å². The number of carbonyl (C=O) groups is 3. The molecule has 32 heavy (non-hydrogen) atoms. The number of ether oxygens (including phenoxy) is 2. The average Bonchev–Trinajstić information content (AvgIpc) is 2.83. The van der Waals surface area contributed by atoms with E-state index in [2.05, 4.69) is 10.6 Å². The first-order valence-electron chi connectivity index (χ1n) is 10.4. The number of hydrogen-bond acceptors (Lipinski definition) is 6. The Morgan fingerprint density at radius 1 is 1.12 bits per heavy atom. The fourth-order valence-corrected chi connectivity index (χ4v) is 5.00. The Bertz CT molecular complexity index is 1040. The van der Waals surface area contributed by atoms with Gasteiger partial charge in [-0.25, -0.2) is 0 Å². The second-order valence-corrected chi connectivity index (χ2v) is 8.81. The van der Waals surface area contributed by atoms with Gasteiger partial charge in [0.05, 0.1) is 25.8 Å². The predicted octanol–water partition coefficient (Wildman–Crippen LogP) is 2.99. The van der Waals surface area contributed by atoms with Crippen molar-refractivity contribution in [2.24, 2.45) is 5.92 Å². The summed E-state index contributed by atoms with van der Waals surface area (Å²) < 4.78 is 10.5. The number of piperidine rings is 1. The third-order valence-electron chi connectivity index (χ3n) is 5.61. The van der Waals surface area contributed by atoms with Gasteiger partial charge in [-0.3, -0.25) is 14.4 Å². The summed E-state index contributed by atoms with van der Waals surface area (Å²) in [6.45, 7) is 0.814. The lowest BCUT2D eigenvalue weighted by atomic mass is 9.96. The summed E-state index contributed by atoms with van der Waals surface area (Å²) in [5.41, 5.74) is 1.31. The first-order valence-corrected chi connectivity index (χ1v) is 11.3. The molecule has 168 valence electrons. The summed E-state index contributed by atoms with van der Waals surface area (Å²) in [7, 11) is 3.08. The SMILES string of the molecule is COc1ccc(NC(=O)[C@H]2CCCN(C(=O)[C@H]3Sc4ccccc4NC3=O)C2)cc1OC. The van der Waals surface area contributed by atoms with Gasteiger partial charge in [0.1, 0.15) is 0 Å². The molecule has 8 nitrogen and oxygen atoms in total. The number of methoxy groups -OCH3 is 2. The minimum Gasteiger partial charge on any atom is -0.493 e. The molecular formula is C23H25N3O5S. The minimum absolute atomic E-state index is 0.166. The number of hydrogen-bond donors (Lipinski definition) is 2. The van der Waals surface area contributed by atoms with Crippen LogP contribution < -0.4 is 20.1 Å². The molecular weight excluding hydrogens is 430 g/mol. The lowest BCUT2D eigenvalue weighted by Crippen LogP contribution is -2.50. The maximum atomic E-state index is 13.1. The number of rotatable bonds is 5. The van der Waals surface area contributed by atoms with Crippen LogP contribution in [0.2, 0.25) is 0 Å². The van der Waals surface area contributed by atoms with Crippen LogP contribution >= 0.6 is 11.8 Å². The monoisotopic (exact) mass is 455 g/mol. The third-order valence-corrected chi connectivity index (χ3v) is 6.87. The van der Waals surface area contributed by atoms with E-state index in [0.717, 1.165) is 10.6 Å². The molecule has 0 aliphatic carbocycles. The van der Waals surface area contributed by atoms with E-state index in [4.69, 9.17) is 9.47 Å². The second kappa shape index (κ2) is 9.52. The Kier molecular flexibility index (Phi) is 6.55. The number of nitrogens with one attached hydrogen (secondary N) is 2. The third kappa shape index (κ3) is 4.52. The molecule has 0 aromatic heterocycles. The van der Waals surface area contributed by atoms with E-state index < -0.39 is 5.25 Å². The Hall–Kier alpha value is -3.20. The molecule has 0 spiro atoms. The van der Waals surface area contributed by atoms with Gasteiger partial charge in [-0.05, 0) is 37.1 Å². The van der Waals surface area contributed by atoms with Crippen molar-refractivity contribution in [1.29, 1.82) is 0 Å². The van der Waals surface area contributed by atoms with Gasteiger partial charge in [-0.15, -0.1) is 11.8 Å². The van der Waals surface area contributed by atoms with E-state index >= 15 is 0 Å². The van der Waals surface area contributed by atoms with E-state index in [1.807, 2.05) is 24.3 Å². The fourth-order valence-electron chi connectivity index (χ4n) is 3.93. The number of anilines is 2. The molecule has 2 atom stereocenters. The molecule has 1 fully saturated rings. The molecule has 3 amide bonds. The molecule has 0 bridgehead atoms. The first kappa shape index (κ1) is 22.0. The van der Waals surface area contributed by atoms with Gasteiger partial charge in [0.15, 0.2) is 16.7 Å². The van der Waals surface area contributed by atoms with Gasteiger partial charge in [0.25, 0.3) is 0 Å². The van der Waals surface area contributed by atoms with Gasteiger partial charge in [-0.1, -0.05) is 12.1 Å². The molecule has 9 heteroatoms. The predicted molar refractivity (Wildman–Crippen MR) is 122 cm³/mol. The number of carbonyl (C=O) groups excluding carboxylic acids is 3. The largest absolute Gasteiger partial charge is 0.493 e. The van der Waals surface area contributed by atoms with Gasteiger partial charge >= 0.3 is 0 Å². The molecule has 0 unspecified atom stereocenters. The Balaban J connectivity index is 1.41. The highest BCUT2D eigenvalue weighted by atomic mass is 32.2. The van der Waals surface area contributed by atoms with E-state index in [1.54, 1.807) is 30.2 Å². The van der Waals surface area contributed by atoms with Crippen molar-refractivity contribution in [2.75, 3.05) is 37.9 Å². The topological polar surface area (TPSA) is 97.0 Å². The molecule has 2 N–H and O–H groups in total. The van der Waals surface area contributed by atoms with Crippen molar-refractivity contribution in [2.45, 2.75) is 23.0 Å². The highest BCUT2D eigenvalue weighted by Gasteiger charge is 2.38. The standard InChI is InChI=1S/C23H25N3O5S/c1-30-17-10-9-15(12-18(17)31-2)24-21(27)14-6-5-11-26(13-14)23(29)20-22(28)25-16-7-3-4-8-19(16)32-20/h3-4,7-10,12,14,20H,5-6,11,13H2,1-2H3,(H,24,27)(H,25,28)/t14-,20-/m0/s1. The summed E-state index contributed by atoms with van der Waals surface area (Å²) in [5, 5.41) is 4.86. The van der Waals surface area contributed by atoms with Crippen molar-refractivity contribution in [3.8, 4) is 11.5 Å². The Labute approximate surface area is 190 Å². The summed E-state index contributed by atoms with van der Waals surface area (Å²) in [6.07, 6.45) is 1.38. The van der Waals surface area contributed by atoms with Crippen LogP contribution in [0.4, 0.5) is 11.4 Å². The van der Waals surface area contributed by atoms with Gasteiger partial charge < -0.3 is 25.0 Å². The molecule has 0 saturated carbocycles. The maximum absolute atomic E-state index is 13.1. The highest BCUT2D eigenvalue weighted by molar-refractivity contribution is 8.01. The van der Waals surface area contributed by atoms with Crippen LogP contribution in [0.1, 0.15) is 12.8 Å². The lowest BCUT2D eigenvalue weighted by Gasteiger charge is -2.35. The summed E-state index contributed by atoms with van der Waals surface area (Å²) in [6, 6.07) is 12.6. The van der Waals surface area contributed by atoms with Crippen LogP contribution in [0.15, 0.2) is 47.4 Å². The van der Waals surface area contributed by atoms with Crippen molar-refractivity contribution in [3.05, 3.63) is 42.5 Å². The van der Waals surface area contributed by atoms with Crippen LogP contribution in [0, 0.1) is 5.92 Å². The zero-order valence-corrected chi connectivity index (χ0v) is 18.7. The van der Waals surface area contributed by atoms with Crippen molar-refractivity contribution >= 4 is 40.9 Å². The van der Waals surface area contributed by atoms with Crippen molar-refractivity contribution in [1.82, 2.24) is 4.90 Å². The number of thioether (sulfide) groups is 1. The molecule has 1 saturated heterocycles. The number of benzene rings is 2. The normalized spacial score (nSPS) is 20.1. The number of nitrogens with zero attached hydrogens (tertiary/aromatic N) is 1. The van der Waals surface area contributed by atoms with Crippen LogP contribution in [0.3, 0.4) is 0 Å². The minimum atomic E-state index is -0.849. The maximum Gasteiger partial charge on any atom is 0.247 e. The average molecular weight is 456 g/mol. The van der Waals surface area contributed by atoms with Crippen molar-refractivity contribution in [3.63, 3.8) is 0 Å². The molecule has 4 rings (SSSR count). The smallest absolute Gasteiger partial charge is 0.247 e. The van der Waals surface area contributed by atoms with Crippen LogP contribution in [0.5, 0.6) is 11.5 Å². The molecule has 2 aromatic carbocycles. The molecule has 0 radical (unpaired) electrons. The number of amides is 3.